The van der Waals surface area contributed by atoms with Crippen molar-refractivity contribution in [1.29, 1.82) is 0 Å². The molecule has 1 fully saturated rings. The van der Waals surface area contributed by atoms with Gasteiger partial charge in [-0.25, -0.2) is 0 Å². The minimum Gasteiger partial charge on any atom is -0.457 e. The van der Waals surface area contributed by atoms with Gasteiger partial charge in [0, 0.05) is 11.6 Å². The van der Waals surface area contributed by atoms with E-state index in [1.54, 1.807) is 18.2 Å². The fourth-order valence-corrected chi connectivity index (χ4v) is 4.57. The number of hydrogen-bond acceptors (Lipinski definition) is 5. The molecule has 2 amide bonds. The van der Waals surface area contributed by atoms with Crippen LogP contribution in [0, 0.1) is 6.92 Å². The maximum Gasteiger partial charge on any atom is 0.416 e. The normalized spacial score (nSPS) is 15.3. The van der Waals surface area contributed by atoms with Gasteiger partial charge in [-0.15, -0.1) is 0 Å². The first-order chi connectivity index (χ1) is 16.0. The molecule has 1 saturated heterocycles. The van der Waals surface area contributed by atoms with Crippen LogP contribution in [0.3, 0.4) is 0 Å². The van der Waals surface area contributed by atoms with Gasteiger partial charge in [0.1, 0.15) is 11.5 Å². The van der Waals surface area contributed by atoms with Crippen LogP contribution in [0.15, 0.2) is 63.9 Å². The van der Waals surface area contributed by atoms with Crippen molar-refractivity contribution in [1.82, 2.24) is 10.4 Å². The van der Waals surface area contributed by atoms with Crippen LogP contribution in [0.2, 0.25) is 5.02 Å². The van der Waals surface area contributed by atoms with Gasteiger partial charge in [-0.3, -0.25) is 15.0 Å². The molecule has 0 saturated carbocycles. The summed E-state index contributed by atoms with van der Waals surface area (Å²) in [6.45, 7) is 1.83. The van der Waals surface area contributed by atoms with E-state index in [1.807, 2.05) is 6.92 Å². The van der Waals surface area contributed by atoms with E-state index < -0.39 is 23.6 Å². The topological polar surface area (TPSA) is 62.6 Å². The molecule has 1 N–H and O–H groups in total. The van der Waals surface area contributed by atoms with Crippen molar-refractivity contribution in [2.75, 3.05) is 0 Å². The first-order valence-electron chi connectivity index (χ1n) is 9.65. The van der Waals surface area contributed by atoms with E-state index in [2.05, 4.69) is 5.43 Å². The Labute approximate surface area is 206 Å². The van der Waals surface area contributed by atoms with Crippen molar-refractivity contribution in [3.05, 3.63) is 87.0 Å². The van der Waals surface area contributed by atoms with Gasteiger partial charge in [0.15, 0.2) is 4.32 Å². The number of nitrogens with one attached hydrogen (secondary N) is 1. The monoisotopic (exact) mass is 522 g/mol. The van der Waals surface area contributed by atoms with Crippen molar-refractivity contribution in [3.8, 4) is 11.3 Å². The van der Waals surface area contributed by atoms with Crippen LogP contribution < -0.4 is 5.43 Å². The molecule has 2 aromatic carbocycles. The summed E-state index contributed by atoms with van der Waals surface area (Å²) in [6, 6.07) is 12.6. The molecule has 1 aliphatic rings. The maximum atomic E-state index is 13.0. The fourth-order valence-electron chi connectivity index (χ4n) is 3.09. The molecule has 11 heteroatoms. The highest BCUT2D eigenvalue weighted by Crippen LogP contribution is 2.35. The second kappa shape index (κ2) is 9.28. The molecular formula is C23H14ClF3N2O3S2. The third kappa shape index (κ3) is 5.03. The fraction of sp³-hybridized carbons (Fsp3) is 0.0870. The van der Waals surface area contributed by atoms with Crippen LogP contribution >= 0.6 is 35.6 Å². The van der Waals surface area contributed by atoms with Crippen LogP contribution in [0.4, 0.5) is 13.2 Å². The number of thioether (sulfide) groups is 1. The van der Waals surface area contributed by atoms with Gasteiger partial charge >= 0.3 is 6.18 Å². The van der Waals surface area contributed by atoms with Crippen LogP contribution in [-0.4, -0.2) is 21.1 Å². The molecule has 3 aromatic rings. The van der Waals surface area contributed by atoms with Crippen molar-refractivity contribution in [2.45, 2.75) is 13.1 Å². The van der Waals surface area contributed by atoms with E-state index in [0.29, 0.717) is 0 Å². The lowest BCUT2D eigenvalue weighted by molar-refractivity contribution is -0.137. The van der Waals surface area contributed by atoms with Crippen LogP contribution in [0.25, 0.3) is 17.4 Å². The zero-order chi connectivity index (χ0) is 24.6. The smallest absolute Gasteiger partial charge is 0.416 e. The molecule has 5 nitrogen and oxygen atoms in total. The van der Waals surface area contributed by atoms with E-state index in [9.17, 15) is 22.8 Å². The minimum atomic E-state index is -4.48. The lowest BCUT2D eigenvalue weighted by atomic mass is 10.1. The molecule has 1 aliphatic heterocycles. The Morgan fingerprint density at radius 1 is 1.18 bits per heavy atom. The molecule has 0 aliphatic carbocycles. The Bertz CT molecular complexity index is 1350. The van der Waals surface area contributed by atoms with E-state index in [1.165, 1.54) is 30.3 Å². The van der Waals surface area contributed by atoms with Gasteiger partial charge in [0.2, 0.25) is 0 Å². The number of amides is 2. The van der Waals surface area contributed by atoms with Gasteiger partial charge in [-0.1, -0.05) is 41.6 Å². The number of benzene rings is 2. The summed E-state index contributed by atoms with van der Waals surface area (Å²) in [7, 11) is 0. The SMILES string of the molecule is Cc1ccc(C(=O)NN2C(=O)C(=Cc3ccc(-c4cccc(C(F)(F)F)c4)o3)SC2=S)c(Cl)c1. The zero-order valence-corrected chi connectivity index (χ0v) is 19.7. The average Bonchev–Trinajstić information content (AvgIpc) is 3.33. The molecule has 0 atom stereocenters. The number of furan rings is 1. The quantitative estimate of drug-likeness (QED) is 0.314. The Hall–Kier alpha value is -3.08. The van der Waals surface area contributed by atoms with Gasteiger partial charge < -0.3 is 4.42 Å². The van der Waals surface area contributed by atoms with E-state index in [4.69, 9.17) is 28.2 Å². The summed E-state index contributed by atoms with van der Waals surface area (Å²) in [5.41, 5.74) is 2.94. The number of thiocarbonyl (C=S) groups is 1. The van der Waals surface area contributed by atoms with Crippen molar-refractivity contribution in [3.63, 3.8) is 0 Å². The second-order valence-electron chi connectivity index (χ2n) is 7.22. The molecule has 2 heterocycles. The average molecular weight is 523 g/mol. The van der Waals surface area contributed by atoms with E-state index >= 15 is 0 Å². The number of hydrogen-bond donors (Lipinski definition) is 1. The molecule has 0 radical (unpaired) electrons. The summed E-state index contributed by atoms with van der Waals surface area (Å²) in [4.78, 5) is 25.5. The summed E-state index contributed by atoms with van der Waals surface area (Å²) in [6.07, 6.45) is -3.08. The number of carbonyl (C=O) groups excluding carboxylic acids is 2. The second-order valence-corrected chi connectivity index (χ2v) is 9.30. The summed E-state index contributed by atoms with van der Waals surface area (Å²) in [5.74, 6) is -0.744. The highest BCUT2D eigenvalue weighted by molar-refractivity contribution is 8.26. The number of carbonyl (C=O) groups is 2. The maximum absolute atomic E-state index is 13.0. The van der Waals surface area contributed by atoms with Gasteiger partial charge in [0.25, 0.3) is 11.8 Å². The third-order valence-corrected chi connectivity index (χ3v) is 6.37. The number of rotatable bonds is 4. The largest absolute Gasteiger partial charge is 0.457 e. The predicted octanol–water partition coefficient (Wildman–Crippen LogP) is 6.47. The van der Waals surface area contributed by atoms with Crippen molar-refractivity contribution >= 4 is 57.8 Å². The van der Waals surface area contributed by atoms with Gasteiger partial charge in [-0.05, 0) is 61.1 Å². The summed E-state index contributed by atoms with van der Waals surface area (Å²) >= 11 is 12.3. The molecule has 0 spiro atoms. The number of halogens is 4. The predicted molar refractivity (Wildman–Crippen MR) is 128 cm³/mol. The van der Waals surface area contributed by atoms with Crippen molar-refractivity contribution < 1.29 is 27.2 Å². The number of alkyl halides is 3. The summed E-state index contributed by atoms with van der Waals surface area (Å²) < 4.78 is 44.7. The van der Waals surface area contributed by atoms with E-state index in [-0.39, 0.29) is 36.9 Å². The molecule has 0 unspecified atom stereocenters. The molecule has 174 valence electrons. The van der Waals surface area contributed by atoms with Crippen molar-refractivity contribution in [2.24, 2.45) is 0 Å². The first-order valence-corrected chi connectivity index (χ1v) is 11.3. The van der Waals surface area contributed by atoms with Gasteiger partial charge in [-0.2, -0.15) is 18.2 Å². The Morgan fingerprint density at radius 3 is 2.65 bits per heavy atom. The number of hydrazine groups is 1. The Morgan fingerprint density at radius 2 is 1.94 bits per heavy atom. The Balaban J connectivity index is 1.52. The molecular weight excluding hydrogens is 509 g/mol. The third-order valence-electron chi connectivity index (χ3n) is 4.75. The van der Waals surface area contributed by atoms with Crippen LogP contribution in [0.1, 0.15) is 27.2 Å². The first kappa shape index (κ1) is 24.1. The number of nitrogens with zero attached hydrogens (tertiary/aromatic N) is 1. The Kier molecular flexibility index (Phi) is 6.57. The standard InChI is InChI=1S/C23H14ClF3N2O3S2/c1-12-5-7-16(17(24)9-12)20(30)28-29-21(31)19(34-22(29)33)11-15-6-8-18(32-15)13-3-2-4-14(10-13)23(25,26)27/h2-11H,1H3,(H,28,30). The lowest BCUT2D eigenvalue weighted by Gasteiger charge is -2.16. The molecule has 1 aromatic heterocycles. The summed E-state index contributed by atoms with van der Waals surface area (Å²) in [5, 5.41) is 1.16. The zero-order valence-electron chi connectivity index (χ0n) is 17.3. The minimum absolute atomic E-state index is 0.0949. The number of aryl methyl sites for hydroxylation is 1. The highest BCUT2D eigenvalue weighted by Gasteiger charge is 2.34. The van der Waals surface area contributed by atoms with Gasteiger partial charge in [0.05, 0.1) is 21.1 Å². The molecule has 0 bridgehead atoms. The van der Waals surface area contributed by atoms with E-state index in [0.717, 1.165) is 34.5 Å². The van der Waals surface area contributed by atoms with Crippen LogP contribution in [0.5, 0.6) is 0 Å². The molecule has 34 heavy (non-hydrogen) atoms. The van der Waals surface area contributed by atoms with Crippen LogP contribution in [-0.2, 0) is 11.0 Å². The lowest BCUT2D eigenvalue weighted by Crippen LogP contribution is -2.44. The molecule has 4 rings (SSSR count). The highest BCUT2D eigenvalue weighted by atomic mass is 35.5.